The van der Waals surface area contributed by atoms with E-state index in [1.54, 1.807) is 0 Å². The van der Waals surface area contributed by atoms with E-state index in [9.17, 15) is 55.9 Å². The van der Waals surface area contributed by atoms with Crippen LogP contribution in [0.5, 0.6) is 0 Å². The van der Waals surface area contributed by atoms with Gasteiger partial charge in [0.25, 0.3) is 0 Å². The normalized spacial score (nSPS) is 59.8. The highest BCUT2D eigenvalue weighted by Gasteiger charge is 3.04. The van der Waals surface area contributed by atoms with Crippen LogP contribution in [0.15, 0.2) is 0 Å². The van der Waals surface area contributed by atoms with Crippen LogP contribution < -0.4 is 0 Å². The van der Waals surface area contributed by atoms with Crippen LogP contribution in [0.25, 0.3) is 0 Å². The van der Waals surface area contributed by atoms with E-state index in [2.05, 4.69) is 25.1 Å². The molecule has 4 rings (SSSR count). The second kappa shape index (κ2) is 4.27. The highest BCUT2D eigenvalue weighted by Crippen LogP contribution is 2.68. The van der Waals surface area contributed by atoms with Crippen LogP contribution in [-0.2, 0) is 56.3 Å². The standard InChI is InChI=1S/C6H6O18S3/c7-1-2(8,20-25(13,14)19-1)4(10)6(12,24-27(17,18)23-4)5(11)3(1,9)21-26(15,16)22-5/h7-12H. The fraction of sp³-hybridized carbons (Fsp3) is 1.00. The predicted octanol–water partition coefficient (Wildman–Crippen LogP) is -6.99. The summed E-state index contributed by atoms with van der Waals surface area (Å²) in [7, 11) is -17.2. The predicted molar refractivity (Wildman–Crippen MR) is 63.0 cm³/mol. The van der Waals surface area contributed by atoms with Gasteiger partial charge in [0.15, 0.2) is 0 Å². The molecule has 0 aromatic carbocycles. The summed E-state index contributed by atoms with van der Waals surface area (Å²) >= 11 is 0. The Morgan fingerprint density at radius 3 is 0.593 bits per heavy atom. The molecule has 0 amide bonds. The molecule has 18 nitrogen and oxygen atoms in total. The Labute approximate surface area is 147 Å². The van der Waals surface area contributed by atoms with E-state index >= 15 is 0 Å². The monoisotopic (exact) mass is 462 g/mol. The molecule has 1 saturated carbocycles. The number of fused-ring (bicyclic) bond motifs is 6. The summed E-state index contributed by atoms with van der Waals surface area (Å²) in [6.07, 6.45) is 0. The van der Waals surface area contributed by atoms with Crippen molar-refractivity contribution in [3.05, 3.63) is 0 Å². The molecule has 3 aliphatic heterocycles. The van der Waals surface area contributed by atoms with Crippen LogP contribution in [-0.4, -0.2) is 90.6 Å². The third-order valence-corrected chi connectivity index (χ3v) is 6.76. The zero-order chi connectivity index (χ0) is 20.7. The Morgan fingerprint density at radius 1 is 0.370 bits per heavy atom. The van der Waals surface area contributed by atoms with Gasteiger partial charge in [-0.3, -0.25) is 0 Å². The molecule has 6 N–H and O–H groups in total. The van der Waals surface area contributed by atoms with Gasteiger partial charge in [0, 0.05) is 0 Å². The van der Waals surface area contributed by atoms with Crippen molar-refractivity contribution in [2.24, 2.45) is 0 Å². The van der Waals surface area contributed by atoms with Gasteiger partial charge < -0.3 is 30.6 Å². The third kappa shape index (κ3) is 1.73. The molecule has 0 spiro atoms. The van der Waals surface area contributed by atoms with Crippen molar-refractivity contribution in [2.75, 3.05) is 0 Å². The van der Waals surface area contributed by atoms with E-state index in [-0.39, 0.29) is 0 Å². The number of aliphatic hydroxyl groups is 6. The number of hydrogen-bond donors (Lipinski definition) is 6. The van der Waals surface area contributed by atoms with Crippen LogP contribution in [0.4, 0.5) is 0 Å². The fourth-order valence-corrected chi connectivity index (χ4v) is 6.22. The van der Waals surface area contributed by atoms with Gasteiger partial charge in [0.1, 0.15) is 0 Å². The first-order valence-electron chi connectivity index (χ1n) is 6.07. The Hall–Kier alpha value is -0.630. The maximum absolute atomic E-state index is 11.6. The minimum absolute atomic E-state index is 3.78. The molecule has 0 aromatic heterocycles. The van der Waals surface area contributed by atoms with E-state index in [1.807, 2.05) is 0 Å². The SMILES string of the molecule is O=S1(=O)OC2(O)C3(O)OS(=O)(=O)OC3(O)C3(O)OS(=O)(=O)OC3(O)C2(O)O1. The maximum atomic E-state index is 11.6. The van der Waals surface area contributed by atoms with E-state index < -0.39 is 65.9 Å². The van der Waals surface area contributed by atoms with Gasteiger partial charge in [-0.05, 0) is 0 Å². The molecule has 27 heavy (non-hydrogen) atoms. The number of rotatable bonds is 0. The zero-order valence-electron chi connectivity index (χ0n) is 11.8. The molecule has 4 aliphatic rings. The largest absolute Gasteiger partial charge is 0.406 e. The highest BCUT2D eigenvalue weighted by atomic mass is 32.3. The van der Waals surface area contributed by atoms with Crippen molar-refractivity contribution < 1.29 is 81.0 Å². The molecule has 3 heterocycles. The van der Waals surface area contributed by atoms with Crippen molar-refractivity contribution in [1.82, 2.24) is 0 Å². The number of hydrogen-bond acceptors (Lipinski definition) is 18. The first kappa shape index (κ1) is 19.7. The third-order valence-electron chi connectivity index (χ3n) is 4.09. The van der Waals surface area contributed by atoms with Crippen LogP contribution >= 0.6 is 0 Å². The van der Waals surface area contributed by atoms with Crippen LogP contribution in [0, 0.1) is 0 Å². The highest BCUT2D eigenvalue weighted by molar-refractivity contribution is 7.83. The average Bonchev–Trinajstić information content (AvgIpc) is 2.83. The molecule has 0 atom stereocenters. The van der Waals surface area contributed by atoms with E-state index in [1.165, 1.54) is 0 Å². The summed E-state index contributed by atoms with van der Waals surface area (Å²) < 4.78 is 92.0. The lowest BCUT2D eigenvalue weighted by molar-refractivity contribution is -0.580. The molecule has 3 saturated heterocycles. The van der Waals surface area contributed by atoms with Crippen molar-refractivity contribution in [3.8, 4) is 0 Å². The molecule has 0 radical (unpaired) electrons. The molecular formula is C6H6O18S3. The van der Waals surface area contributed by atoms with Crippen LogP contribution in [0.1, 0.15) is 0 Å². The molecule has 156 valence electrons. The van der Waals surface area contributed by atoms with E-state index in [0.717, 1.165) is 0 Å². The van der Waals surface area contributed by atoms with Gasteiger partial charge >= 0.3 is 65.9 Å². The summed E-state index contributed by atoms with van der Waals surface area (Å²) in [5.41, 5.74) is 0. The van der Waals surface area contributed by atoms with Crippen LogP contribution in [0.2, 0.25) is 0 Å². The summed E-state index contributed by atoms with van der Waals surface area (Å²) in [5, 5.41) is 62.2. The molecule has 21 heteroatoms. The molecule has 0 bridgehead atoms. The summed E-state index contributed by atoms with van der Waals surface area (Å²) in [6, 6.07) is 0. The first-order chi connectivity index (χ1) is 11.7. The van der Waals surface area contributed by atoms with Crippen LogP contribution in [0.3, 0.4) is 0 Å². The van der Waals surface area contributed by atoms with E-state index in [4.69, 9.17) is 0 Å². The Bertz CT molecular complexity index is 848. The lowest BCUT2D eigenvalue weighted by Gasteiger charge is -2.56. The topological polar surface area (TPSA) is 279 Å². The quantitative estimate of drug-likeness (QED) is 0.195. The Kier molecular flexibility index (Phi) is 3.12. The van der Waals surface area contributed by atoms with Crippen molar-refractivity contribution in [2.45, 2.75) is 34.7 Å². The summed E-state index contributed by atoms with van der Waals surface area (Å²) in [5.74, 6) is -27.8. The van der Waals surface area contributed by atoms with Gasteiger partial charge in [0.2, 0.25) is 0 Å². The van der Waals surface area contributed by atoms with E-state index in [0.29, 0.717) is 0 Å². The second-order valence-electron chi connectivity index (χ2n) is 5.59. The zero-order valence-corrected chi connectivity index (χ0v) is 14.3. The molecule has 0 aromatic rings. The lowest BCUT2D eigenvalue weighted by atomic mass is 9.70. The summed E-state index contributed by atoms with van der Waals surface area (Å²) in [4.78, 5) is 0. The van der Waals surface area contributed by atoms with Crippen molar-refractivity contribution >= 4 is 31.2 Å². The minimum Gasteiger partial charge on any atom is -0.356 e. The Balaban J connectivity index is 2.19. The minimum atomic E-state index is -5.73. The molecular weight excluding hydrogens is 456 g/mol. The van der Waals surface area contributed by atoms with Gasteiger partial charge in [-0.25, -0.2) is 25.1 Å². The second-order valence-corrected chi connectivity index (χ2v) is 9.04. The van der Waals surface area contributed by atoms with Gasteiger partial charge in [-0.2, -0.15) is 25.3 Å². The maximum Gasteiger partial charge on any atom is 0.406 e. The first-order valence-corrected chi connectivity index (χ1v) is 10.1. The molecule has 1 aliphatic carbocycles. The lowest BCUT2D eigenvalue weighted by Crippen LogP contribution is -2.93. The molecule has 4 fully saturated rings. The summed E-state index contributed by atoms with van der Waals surface area (Å²) in [6.45, 7) is 0. The van der Waals surface area contributed by atoms with Gasteiger partial charge in [-0.1, -0.05) is 0 Å². The van der Waals surface area contributed by atoms with Crippen molar-refractivity contribution in [3.63, 3.8) is 0 Å². The van der Waals surface area contributed by atoms with Gasteiger partial charge in [0.05, 0.1) is 0 Å². The Morgan fingerprint density at radius 2 is 0.481 bits per heavy atom. The van der Waals surface area contributed by atoms with Gasteiger partial charge in [-0.15, -0.1) is 0 Å². The smallest absolute Gasteiger partial charge is 0.356 e. The van der Waals surface area contributed by atoms with Crippen molar-refractivity contribution in [1.29, 1.82) is 0 Å². The average molecular weight is 462 g/mol. The molecule has 0 unspecified atom stereocenters. The fourth-order valence-electron chi connectivity index (χ4n) is 2.99.